The summed E-state index contributed by atoms with van der Waals surface area (Å²) in [5.74, 6) is 0. The molecule has 2 heterocycles. The second-order valence-corrected chi connectivity index (χ2v) is 6.85. The predicted octanol–water partition coefficient (Wildman–Crippen LogP) is 3.37. The molecule has 0 spiro atoms. The van der Waals surface area contributed by atoms with Crippen LogP contribution in [0.3, 0.4) is 0 Å². The van der Waals surface area contributed by atoms with E-state index in [9.17, 15) is 8.42 Å². The van der Waals surface area contributed by atoms with Gasteiger partial charge in [0, 0.05) is 0 Å². The number of hydrogen-bond acceptors (Lipinski definition) is 5. The molecule has 9 heteroatoms. The van der Waals surface area contributed by atoms with Gasteiger partial charge in [-0.3, -0.25) is 4.72 Å². The highest BCUT2D eigenvalue weighted by atomic mass is 79.9. The van der Waals surface area contributed by atoms with Crippen molar-refractivity contribution in [3.8, 4) is 0 Å². The summed E-state index contributed by atoms with van der Waals surface area (Å²) in [5, 5.41) is 0. The van der Waals surface area contributed by atoms with Crippen molar-refractivity contribution in [2.24, 2.45) is 8.73 Å². The smallest absolute Gasteiger partial charge is 0.264 e. The van der Waals surface area contributed by atoms with Gasteiger partial charge in [0.2, 0.25) is 0 Å². The fraction of sp³-hybridized carbons (Fsp3) is 0. The highest BCUT2D eigenvalue weighted by Gasteiger charge is 2.22. The van der Waals surface area contributed by atoms with Gasteiger partial charge >= 0.3 is 0 Å². The molecule has 20 heavy (non-hydrogen) atoms. The number of rotatable bonds is 3. The van der Waals surface area contributed by atoms with Crippen LogP contribution in [0, 0.1) is 0 Å². The highest BCUT2D eigenvalue weighted by molar-refractivity contribution is 9.10. The minimum absolute atomic E-state index is 0.103. The summed E-state index contributed by atoms with van der Waals surface area (Å²) in [7, 11) is -3.72. The van der Waals surface area contributed by atoms with Crippen LogP contribution in [0.1, 0.15) is 0 Å². The van der Waals surface area contributed by atoms with Crippen molar-refractivity contribution in [1.82, 2.24) is 4.98 Å². The SMILES string of the molecule is O=S(=O)(Nc1ccc(Br)nc1)c1cccc2c1N=S=N2. The van der Waals surface area contributed by atoms with E-state index in [4.69, 9.17) is 0 Å². The molecular weight excluding hydrogens is 364 g/mol. The predicted molar refractivity (Wildman–Crippen MR) is 80.7 cm³/mol. The lowest BCUT2D eigenvalue weighted by Gasteiger charge is -2.09. The fourth-order valence-corrected chi connectivity index (χ4v) is 3.69. The first-order chi connectivity index (χ1) is 9.56. The zero-order chi connectivity index (χ0) is 14.2. The number of sulfonamides is 1. The van der Waals surface area contributed by atoms with E-state index in [1.807, 2.05) is 0 Å². The Hall–Kier alpha value is -1.58. The van der Waals surface area contributed by atoms with Gasteiger partial charge < -0.3 is 0 Å². The monoisotopic (exact) mass is 370 g/mol. The first-order valence-corrected chi connectivity index (χ1v) is 8.42. The molecule has 1 aliphatic heterocycles. The van der Waals surface area contributed by atoms with E-state index in [0.29, 0.717) is 21.7 Å². The standard InChI is InChI=1S/C11H7BrN4O2S2/c12-10-5-4-7(6-13-10)16-20(17,18)9-3-1-2-8-11(9)15-19-14-8/h1-6,16H. The number of nitrogens with one attached hydrogen (secondary N) is 1. The molecule has 0 aliphatic carbocycles. The molecule has 0 fully saturated rings. The first-order valence-electron chi connectivity index (χ1n) is 5.42. The number of aromatic nitrogens is 1. The molecule has 1 N–H and O–H groups in total. The molecule has 2 aromatic rings. The first kappa shape index (κ1) is 13.4. The van der Waals surface area contributed by atoms with E-state index in [1.165, 1.54) is 12.3 Å². The van der Waals surface area contributed by atoms with Crippen LogP contribution in [0.2, 0.25) is 0 Å². The van der Waals surface area contributed by atoms with Gasteiger partial charge in [-0.05, 0) is 40.2 Å². The molecule has 0 saturated heterocycles. The Labute approximate surface area is 127 Å². The molecule has 0 amide bonds. The molecule has 1 aromatic heterocycles. The zero-order valence-electron chi connectivity index (χ0n) is 9.82. The Morgan fingerprint density at radius 3 is 2.75 bits per heavy atom. The quantitative estimate of drug-likeness (QED) is 0.717. The average molecular weight is 371 g/mol. The number of anilines is 1. The summed E-state index contributed by atoms with van der Waals surface area (Å²) in [6.45, 7) is 0. The van der Waals surface area contributed by atoms with E-state index in [-0.39, 0.29) is 4.90 Å². The maximum atomic E-state index is 12.4. The number of nitrogens with zero attached hydrogens (tertiary/aromatic N) is 3. The van der Waals surface area contributed by atoms with Gasteiger partial charge in [0.05, 0.1) is 23.2 Å². The second-order valence-electron chi connectivity index (χ2n) is 3.86. The Bertz CT molecular complexity index is 843. The summed E-state index contributed by atoms with van der Waals surface area (Å²) >= 11 is 4.17. The van der Waals surface area contributed by atoms with Crippen molar-refractivity contribution in [3.05, 3.63) is 41.1 Å². The van der Waals surface area contributed by atoms with E-state index >= 15 is 0 Å². The minimum atomic E-state index is -3.72. The lowest BCUT2D eigenvalue weighted by molar-refractivity contribution is 0.601. The fourth-order valence-electron chi connectivity index (χ4n) is 1.64. The van der Waals surface area contributed by atoms with Crippen LogP contribution in [0.5, 0.6) is 0 Å². The third-order valence-electron chi connectivity index (χ3n) is 2.52. The van der Waals surface area contributed by atoms with Gasteiger partial charge in [-0.15, -0.1) is 0 Å². The maximum absolute atomic E-state index is 12.4. The maximum Gasteiger partial charge on any atom is 0.264 e. The van der Waals surface area contributed by atoms with Crippen molar-refractivity contribution in [2.75, 3.05) is 4.72 Å². The van der Waals surface area contributed by atoms with E-state index in [2.05, 4.69) is 34.4 Å². The normalized spacial score (nSPS) is 12.8. The Balaban J connectivity index is 1.99. The van der Waals surface area contributed by atoms with Crippen molar-refractivity contribution >= 4 is 54.4 Å². The Morgan fingerprint density at radius 1 is 1.15 bits per heavy atom. The molecular formula is C11H7BrN4O2S2. The van der Waals surface area contributed by atoms with E-state index in [0.717, 1.165) is 11.4 Å². The summed E-state index contributed by atoms with van der Waals surface area (Å²) in [5.41, 5.74) is 1.32. The minimum Gasteiger partial charge on any atom is -0.278 e. The number of pyridine rings is 1. The van der Waals surface area contributed by atoms with E-state index < -0.39 is 10.0 Å². The second kappa shape index (κ2) is 5.08. The Kier molecular flexibility index (Phi) is 3.40. The third kappa shape index (κ3) is 2.51. The topological polar surface area (TPSA) is 83.8 Å². The third-order valence-corrected chi connectivity index (χ3v) is 4.94. The summed E-state index contributed by atoms with van der Waals surface area (Å²) in [6.07, 6.45) is 1.43. The molecule has 1 aliphatic rings. The lowest BCUT2D eigenvalue weighted by Crippen LogP contribution is -2.13. The number of halogens is 1. The number of hydrogen-bond donors (Lipinski definition) is 1. The highest BCUT2D eigenvalue weighted by Crippen LogP contribution is 2.37. The van der Waals surface area contributed by atoms with Gasteiger partial charge in [-0.2, -0.15) is 8.73 Å². The van der Waals surface area contributed by atoms with Gasteiger partial charge in [-0.1, -0.05) is 6.07 Å². The number of fused-ring (bicyclic) bond motifs is 1. The largest absolute Gasteiger partial charge is 0.278 e. The summed E-state index contributed by atoms with van der Waals surface area (Å²) < 4.78 is 35.9. The average Bonchev–Trinajstić information content (AvgIpc) is 2.89. The van der Waals surface area contributed by atoms with Crippen molar-refractivity contribution in [3.63, 3.8) is 0 Å². The molecule has 0 unspecified atom stereocenters. The van der Waals surface area contributed by atoms with Gasteiger partial charge in [-0.25, -0.2) is 13.4 Å². The van der Waals surface area contributed by atoms with Gasteiger partial charge in [0.15, 0.2) is 0 Å². The van der Waals surface area contributed by atoms with Crippen LogP contribution in [-0.4, -0.2) is 13.4 Å². The van der Waals surface area contributed by atoms with Crippen molar-refractivity contribution in [2.45, 2.75) is 4.90 Å². The molecule has 3 rings (SSSR count). The van der Waals surface area contributed by atoms with Crippen LogP contribution in [0.4, 0.5) is 17.1 Å². The van der Waals surface area contributed by atoms with Gasteiger partial charge in [0.25, 0.3) is 10.0 Å². The van der Waals surface area contributed by atoms with E-state index in [1.54, 1.807) is 24.3 Å². The van der Waals surface area contributed by atoms with Crippen molar-refractivity contribution < 1.29 is 8.42 Å². The zero-order valence-corrected chi connectivity index (χ0v) is 13.0. The Morgan fingerprint density at radius 2 is 2.00 bits per heavy atom. The molecule has 0 saturated carbocycles. The molecule has 0 radical (unpaired) electrons. The summed E-state index contributed by atoms with van der Waals surface area (Å²) in [6, 6.07) is 8.13. The van der Waals surface area contributed by atoms with Crippen LogP contribution in [0.15, 0.2) is 54.8 Å². The molecule has 1 aromatic carbocycles. The van der Waals surface area contributed by atoms with Crippen LogP contribution < -0.4 is 4.72 Å². The van der Waals surface area contributed by atoms with Crippen LogP contribution >= 0.6 is 15.9 Å². The lowest BCUT2D eigenvalue weighted by atomic mass is 10.3. The van der Waals surface area contributed by atoms with Gasteiger partial charge in [0.1, 0.15) is 20.9 Å². The molecule has 6 nitrogen and oxygen atoms in total. The molecule has 0 atom stereocenters. The summed E-state index contributed by atoms with van der Waals surface area (Å²) in [4.78, 5) is 4.08. The molecule has 102 valence electrons. The van der Waals surface area contributed by atoms with Crippen LogP contribution in [0.25, 0.3) is 0 Å². The van der Waals surface area contributed by atoms with Crippen LogP contribution in [-0.2, 0) is 21.4 Å². The van der Waals surface area contributed by atoms with Crippen molar-refractivity contribution in [1.29, 1.82) is 0 Å². The number of benzene rings is 1. The molecule has 0 bridgehead atoms.